The third-order valence-electron chi connectivity index (χ3n) is 6.51. The summed E-state index contributed by atoms with van der Waals surface area (Å²) in [6.07, 6.45) is -2.16. The van der Waals surface area contributed by atoms with Crippen molar-refractivity contribution in [2.75, 3.05) is 13.1 Å². The van der Waals surface area contributed by atoms with Crippen LogP contribution in [0.5, 0.6) is 0 Å². The van der Waals surface area contributed by atoms with Crippen LogP contribution in [0.2, 0.25) is 0 Å². The second-order valence-electron chi connectivity index (χ2n) is 8.88. The van der Waals surface area contributed by atoms with Gasteiger partial charge in [0, 0.05) is 42.9 Å². The van der Waals surface area contributed by atoms with Crippen molar-refractivity contribution in [3.05, 3.63) is 88.8 Å². The molecule has 2 amide bonds. The maximum atomic E-state index is 13.4. The Labute approximate surface area is 207 Å². The molecule has 2 aromatic rings. The first-order valence-electron chi connectivity index (χ1n) is 11.3. The fourth-order valence-corrected chi connectivity index (χ4v) is 4.65. The number of benzene rings is 1. The number of nitrogens with one attached hydrogen (secondary N) is 1. The summed E-state index contributed by atoms with van der Waals surface area (Å²) >= 11 is 0. The van der Waals surface area contributed by atoms with Gasteiger partial charge in [-0.15, -0.1) is 0 Å². The number of rotatable bonds is 4. The summed E-state index contributed by atoms with van der Waals surface area (Å²) in [6.45, 7) is 0.855. The predicted octanol–water partition coefficient (Wildman–Crippen LogP) is 4.32. The van der Waals surface area contributed by atoms with Crippen LogP contribution in [0.15, 0.2) is 66.5 Å². The molecule has 1 aliphatic carbocycles. The van der Waals surface area contributed by atoms with Crippen LogP contribution in [0, 0.1) is 5.92 Å². The number of likely N-dealkylation sites (tertiary alicyclic amines) is 1. The first-order valence-corrected chi connectivity index (χ1v) is 11.3. The van der Waals surface area contributed by atoms with E-state index in [1.165, 1.54) is 18.2 Å². The van der Waals surface area contributed by atoms with Crippen molar-refractivity contribution in [2.45, 2.75) is 30.6 Å². The van der Waals surface area contributed by atoms with Gasteiger partial charge in [0.05, 0.1) is 17.0 Å². The number of amides is 2. The number of halogens is 6. The second kappa shape index (κ2) is 10.0. The Bertz CT molecular complexity index is 1210. The number of aromatic nitrogens is 1. The number of alkyl halides is 6. The normalized spacial score (nSPS) is 22.1. The van der Waals surface area contributed by atoms with Gasteiger partial charge in [-0.2, -0.15) is 26.3 Å². The van der Waals surface area contributed by atoms with Gasteiger partial charge in [0.1, 0.15) is 0 Å². The van der Waals surface area contributed by atoms with Crippen LogP contribution in [0.25, 0.3) is 0 Å². The van der Waals surface area contributed by atoms with Crippen LogP contribution < -0.4 is 11.3 Å². The number of pyridine rings is 1. The predicted molar refractivity (Wildman–Crippen MR) is 120 cm³/mol. The van der Waals surface area contributed by atoms with Gasteiger partial charge >= 0.3 is 12.4 Å². The Morgan fingerprint density at radius 1 is 1.00 bits per heavy atom. The van der Waals surface area contributed by atoms with Gasteiger partial charge in [0.15, 0.2) is 0 Å². The highest BCUT2D eigenvalue weighted by atomic mass is 19.4. The van der Waals surface area contributed by atoms with Gasteiger partial charge in [-0.25, -0.2) is 5.84 Å². The van der Waals surface area contributed by atoms with Crippen LogP contribution in [0.4, 0.5) is 26.3 Å². The molecule has 1 aliphatic heterocycles. The SMILES string of the molecule is NNC(=O)C1=CC(C(=O)N2CCC(c3cccnc3)C2)C=CC1c1cc(C(F)(F)F)cc(C(F)(F)F)c1. The fraction of sp³-hybridized carbons (Fsp3) is 0.320. The molecule has 1 saturated heterocycles. The van der Waals surface area contributed by atoms with Crippen LogP contribution in [-0.4, -0.2) is 34.8 Å². The fourth-order valence-electron chi connectivity index (χ4n) is 4.65. The summed E-state index contributed by atoms with van der Waals surface area (Å²) in [5.41, 5.74) is -0.801. The number of hydrazine groups is 1. The molecule has 12 heteroatoms. The molecule has 6 nitrogen and oxygen atoms in total. The monoisotopic (exact) mass is 524 g/mol. The molecule has 0 bridgehead atoms. The molecule has 1 fully saturated rings. The molecular weight excluding hydrogens is 502 g/mol. The summed E-state index contributed by atoms with van der Waals surface area (Å²) in [6, 6.07) is 4.83. The number of carbonyl (C=O) groups excluding carboxylic acids is 2. The van der Waals surface area contributed by atoms with E-state index < -0.39 is 46.8 Å². The molecule has 0 saturated carbocycles. The van der Waals surface area contributed by atoms with Crippen molar-refractivity contribution in [1.82, 2.24) is 15.3 Å². The van der Waals surface area contributed by atoms with Gasteiger partial charge in [-0.05, 0) is 41.8 Å². The second-order valence-corrected chi connectivity index (χ2v) is 8.88. The highest BCUT2D eigenvalue weighted by Gasteiger charge is 2.39. The third-order valence-corrected chi connectivity index (χ3v) is 6.51. The lowest BCUT2D eigenvalue weighted by atomic mass is 9.82. The number of hydrogen-bond acceptors (Lipinski definition) is 4. The molecule has 1 aromatic heterocycles. The molecule has 37 heavy (non-hydrogen) atoms. The standard InChI is InChI=1S/C25H22F6N4O2/c26-24(27,28)18-8-17(9-19(11-18)25(29,30)31)20-4-3-14(10-21(20)22(36)34-32)23(37)35-7-5-16(13-35)15-2-1-6-33-12-15/h1-4,6,8-12,14,16,20H,5,7,13,32H2,(H,34,36). The van der Waals surface area contributed by atoms with Crippen LogP contribution in [0.1, 0.15) is 40.5 Å². The average molecular weight is 524 g/mol. The van der Waals surface area contributed by atoms with E-state index in [1.807, 2.05) is 11.5 Å². The van der Waals surface area contributed by atoms with E-state index in [4.69, 9.17) is 5.84 Å². The average Bonchev–Trinajstić information content (AvgIpc) is 3.37. The molecule has 2 heterocycles. The van der Waals surface area contributed by atoms with E-state index in [1.54, 1.807) is 23.4 Å². The molecule has 3 atom stereocenters. The summed E-state index contributed by atoms with van der Waals surface area (Å²) in [5, 5.41) is 0. The van der Waals surface area contributed by atoms with Gasteiger partial charge < -0.3 is 4.90 Å². The Kier molecular flexibility index (Phi) is 7.13. The highest BCUT2D eigenvalue weighted by molar-refractivity contribution is 5.97. The minimum Gasteiger partial charge on any atom is -0.341 e. The third kappa shape index (κ3) is 5.68. The molecule has 1 aromatic carbocycles. The van der Waals surface area contributed by atoms with Gasteiger partial charge in [0.2, 0.25) is 5.91 Å². The van der Waals surface area contributed by atoms with Crippen molar-refractivity contribution in [3.63, 3.8) is 0 Å². The van der Waals surface area contributed by atoms with Gasteiger partial charge in [0.25, 0.3) is 5.91 Å². The number of allylic oxidation sites excluding steroid dienone is 1. The maximum absolute atomic E-state index is 13.4. The quantitative estimate of drug-likeness (QED) is 0.205. The van der Waals surface area contributed by atoms with E-state index in [0.29, 0.717) is 31.6 Å². The molecule has 2 aliphatic rings. The van der Waals surface area contributed by atoms with Crippen molar-refractivity contribution in [2.24, 2.45) is 11.8 Å². The van der Waals surface area contributed by atoms with E-state index in [9.17, 15) is 35.9 Å². The summed E-state index contributed by atoms with van der Waals surface area (Å²) in [4.78, 5) is 31.4. The zero-order chi connectivity index (χ0) is 27.0. The van der Waals surface area contributed by atoms with E-state index >= 15 is 0 Å². The topological polar surface area (TPSA) is 88.3 Å². The molecule has 196 valence electrons. The minimum atomic E-state index is -5.05. The molecule has 0 radical (unpaired) electrons. The molecule has 4 rings (SSSR count). The number of hydrogen-bond donors (Lipinski definition) is 2. The highest BCUT2D eigenvalue weighted by Crippen LogP contribution is 2.41. The number of nitrogens with two attached hydrogens (primary N) is 1. The first-order chi connectivity index (χ1) is 17.4. The van der Waals surface area contributed by atoms with E-state index in [-0.39, 0.29) is 23.5 Å². The first kappa shape index (κ1) is 26.4. The largest absolute Gasteiger partial charge is 0.416 e. The molecule has 0 spiro atoms. The zero-order valence-corrected chi connectivity index (χ0v) is 19.2. The number of nitrogens with zero attached hydrogens (tertiary/aromatic N) is 2. The summed E-state index contributed by atoms with van der Waals surface area (Å²) < 4.78 is 80.2. The van der Waals surface area contributed by atoms with E-state index in [2.05, 4.69) is 4.98 Å². The Morgan fingerprint density at radius 3 is 2.24 bits per heavy atom. The maximum Gasteiger partial charge on any atom is 0.416 e. The Hall–Kier alpha value is -3.67. The smallest absolute Gasteiger partial charge is 0.341 e. The van der Waals surface area contributed by atoms with Gasteiger partial charge in [-0.1, -0.05) is 24.3 Å². The zero-order valence-electron chi connectivity index (χ0n) is 19.2. The lowest BCUT2D eigenvalue weighted by Crippen LogP contribution is -2.37. The van der Waals surface area contributed by atoms with Crippen LogP contribution in [-0.2, 0) is 21.9 Å². The number of carbonyl (C=O) groups is 2. The molecule has 3 N–H and O–H groups in total. The summed E-state index contributed by atoms with van der Waals surface area (Å²) in [7, 11) is 0. The minimum absolute atomic E-state index is 0.0147. The molecular formula is C25H22F6N4O2. The van der Waals surface area contributed by atoms with Crippen molar-refractivity contribution >= 4 is 11.8 Å². The Balaban J connectivity index is 1.64. The summed E-state index contributed by atoms with van der Waals surface area (Å²) in [5.74, 6) is 1.82. The van der Waals surface area contributed by atoms with Crippen molar-refractivity contribution < 1.29 is 35.9 Å². The van der Waals surface area contributed by atoms with Crippen molar-refractivity contribution in [3.8, 4) is 0 Å². The van der Waals surface area contributed by atoms with Crippen molar-refractivity contribution in [1.29, 1.82) is 0 Å². The lowest BCUT2D eigenvalue weighted by molar-refractivity contribution is -0.143. The van der Waals surface area contributed by atoms with Crippen LogP contribution in [0.3, 0.4) is 0 Å². The van der Waals surface area contributed by atoms with Crippen LogP contribution >= 0.6 is 0 Å². The Morgan fingerprint density at radius 2 is 1.68 bits per heavy atom. The van der Waals surface area contributed by atoms with Gasteiger partial charge in [-0.3, -0.25) is 20.0 Å². The lowest BCUT2D eigenvalue weighted by Gasteiger charge is -2.27. The molecule has 3 unspecified atom stereocenters. The van der Waals surface area contributed by atoms with E-state index in [0.717, 1.165) is 5.56 Å².